The van der Waals surface area contributed by atoms with Crippen LogP contribution in [0.3, 0.4) is 0 Å². The zero-order valence-electron chi connectivity index (χ0n) is 7.44. The van der Waals surface area contributed by atoms with E-state index in [2.05, 4.69) is 12.6 Å². The lowest BCUT2D eigenvalue weighted by Gasteiger charge is -2.01. The largest absolute Gasteiger partial charge is 0.143 e. The predicted molar refractivity (Wildman–Crippen MR) is 64.1 cm³/mol. The van der Waals surface area contributed by atoms with Crippen LogP contribution >= 0.6 is 24.2 Å². The molecule has 0 spiro atoms. The molecule has 0 radical (unpaired) electrons. The molecule has 0 nitrogen and oxygen atoms in total. The van der Waals surface area contributed by atoms with Crippen molar-refractivity contribution in [1.29, 1.82) is 0 Å². The lowest BCUT2D eigenvalue weighted by atomic mass is 10.1. The van der Waals surface area contributed by atoms with Crippen molar-refractivity contribution in [2.75, 3.05) is 0 Å². The molecular formula is C12H9ClS. The van der Waals surface area contributed by atoms with Gasteiger partial charge in [0, 0.05) is 9.92 Å². The molecule has 0 aliphatic rings. The van der Waals surface area contributed by atoms with Crippen LogP contribution in [0.1, 0.15) is 0 Å². The Morgan fingerprint density at radius 1 is 0.857 bits per heavy atom. The molecule has 0 aliphatic carbocycles. The maximum atomic E-state index is 5.91. The molecule has 0 heterocycles. The topological polar surface area (TPSA) is 0 Å². The van der Waals surface area contributed by atoms with E-state index in [1.165, 1.54) is 0 Å². The van der Waals surface area contributed by atoms with Gasteiger partial charge in [-0.05, 0) is 35.4 Å². The van der Waals surface area contributed by atoms with E-state index >= 15 is 0 Å². The quantitative estimate of drug-likeness (QED) is 0.681. The summed E-state index contributed by atoms with van der Waals surface area (Å²) < 4.78 is 0. The van der Waals surface area contributed by atoms with Gasteiger partial charge in [-0.15, -0.1) is 12.6 Å². The molecule has 0 fully saturated rings. The zero-order chi connectivity index (χ0) is 9.97. The molecule has 0 saturated heterocycles. The normalized spacial score (nSPS) is 10.1. The lowest BCUT2D eigenvalue weighted by molar-refractivity contribution is 1.47. The van der Waals surface area contributed by atoms with Gasteiger partial charge in [0.25, 0.3) is 0 Å². The van der Waals surface area contributed by atoms with Gasteiger partial charge in [0.2, 0.25) is 0 Å². The molecule has 0 saturated carbocycles. The first-order chi connectivity index (χ1) is 6.75. The van der Waals surface area contributed by atoms with Crippen molar-refractivity contribution in [3.05, 3.63) is 53.6 Å². The fourth-order valence-corrected chi connectivity index (χ4v) is 1.66. The minimum absolute atomic E-state index is 0.762. The van der Waals surface area contributed by atoms with Crippen LogP contribution in [0.2, 0.25) is 5.02 Å². The molecule has 2 rings (SSSR count). The Balaban J connectivity index is 2.44. The average molecular weight is 221 g/mol. The van der Waals surface area contributed by atoms with Crippen LogP contribution in [0.25, 0.3) is 11.1 Å². The van der Waals surface area contributed by atoms with E-state index in [-0.39, 0.29) is 0 Å². The standard InChI is InChI=1S/C12H9ClS/c13-11-3-1-2-10(8-11)9-4-6-12(14)7-5-9/h1-8,14H. The molecule has 0 bridgehead atoms. The first kappa shape index (κ1) is 9.63. The predicted octanol–water partition coefficient (Wildman–Crippen LogP) is 4.30. The summed E-state index contributed by atoms with van der Waals surface area (Å²) in [5.41, 5.74) is 2.29. The van der Waals surface area contributed by atoms with Gasteiger partial charge in [-0.3, -0.25) is 0 Å². The van der Waals surface area contributed by atoms with Crippen LogP contribution in [0, 0.1) is 0 Å². The Bertz CT molecular complexity index is 434. The summed E-state index contributed by atoms with van der Waals surface area (Å²) in [7, 11) is 0. The summed E-state index contributed by atoms with van der Waals surface area (Å²) in [5, 5.41) is 0.762. The van der Waals surface area contributed by atoms with Crippen LogP contribution in [0.4, 0.5) is 0 Å². The minimum atomic E-state index is 0.762. The summed E-state index contributed by atoms with van der Waals surface area (Å²) >= 11 is 10.1. The first-order valence-corrected chi connectivity index (χ1v) is 5.13. The number of halogens is 1. The zero-order valence-corrected chi connectivity index (χ0v) is 9.09. The monoisotopic (exact) mass is 220 g/mol. The second-order valence-corrected chi connectivity index (χ2v) is 4.01. The van der Waals surface area contributed by atoms with Crippen LogP contribution in [0.5, 0.6) is 0 Å². The first-order valence-electron chi connectivity index (χ1n) is 4.31. The number of benzene rings is 2. The fourth-order valence-electron chi connectivity index (χ4n) is 1.32. The highest BCUT2D eigenvalue weighted by molar-refractivity contribution is 7.80. The smallest absolute Gasteiger partial charge is 0.0412 e. The number of rotatable bonds is 1. The van der Waals surface area contributed by atoms with E-state index in [0.717, 1.165) is 21.0 Å². The Morgan fingerprint density at radius 3 is 2.21 bits per heavy atom. The van der Waals surface area contributed by atoms with Gasteiger partial charge in [-0.25, -0.2) is 0 Å². The Hall–Kier alpha value is -0.920. The van der Waals surface area contributed by atoms with Crippen molar-refractivity contribution in [2.24, 2.45) is 0 Å². The maximum Gasteiger partial charge on any atom is 0.0412 e. The molecule has 0 aromatic heterocycles. The van der Waals surface area contributed by atoms with E-state index in [4.69, 9.17) is 11.6 Å². The molecule has 0 aliphatic heterocycles. The van der Waals surface area contributed by atoms with Gasteiger partial charge in [0.05, 0.1) is 0 Å². The molecule has 14 heavy (non-hydrogen) atoms. The SMILES string of the molecule is Sc1ccc(-c2cccc(Cl)c2)cc1. The fraction of sp³-hybridized carbons (Fsp3) is 0. The van der Waals surface area contributed by atoms with Crippen LogP contribution < -0.4 is 0 Å². The third kappa shape index (κ3) is 2.11. The molecule has 2 aromatic rings. The van der Waals surface area contributed by atoms with Crippen molar-refractivity contribution >= 4 is 24.2 Å². The van der Waals surface area contributed by atoms with Gasteiger partial charge >= 0.3 is 0 Å². The Morgan fingerprint density at radius 2 is 1.57 bits per heavy atom. The molecule has 70 valence electrons. The van der Waals surface area contributed by atoms with E-state index in [0.29, 0.717) is 0 Å². The lowest BCUT2D eigenvalue weighted by Crippen LogP contribution is -1.76. The van der Waals surface area contributed by atoms with Crippen molar-refractivity contribution in [2.45, 2.75) is 4.90 Å². The molecule has 0 unspecified atom stereocenters. The highest BCUT2D eigenvalue weighted by Crippen LogP contribution is 2.23. The number of thiol groups is 1. The highest BCUT2D eigenvalue weighted by atomic mass is 35.5. The summed E-state index contributed by atoms with van der Waals surface area (Å²) in [5.74, 6) is 0. The van der Waals surface area contributed by atoms with Crippen molar-refractivity contribution in [3.8, 4) is 11.1 Å². The van der Waals surface area contributed by atoms with Gasteiger partial charge < -0.3 is 0 Å². The second kappa shape index (κ2) is 4.07. The molecular weight excluding hydrogens is 212 g/mol. The molecule has 2 aromatic carbocycles. The minimum Gasteiger partial charge on any atom is -0.143 e. The van der Waals surface area contributed by atoms with Crippen molar-refractivity contribution < 1.29 is 0 Å². The van der Waals surface area contributed by atoms with E-state index < -0.39 is 0 Å². The molecule has 2 heteroatoms. The summed E-state index contributed by atoms with van der Waals surface area (Å²) in [6.45, 7) is 0. The second-order valence-electron chi connectivity index (χ2n) is 3.06. The third-order valence-electron chi connectivity index (χ3n) is 2.03. The average Bonchev–Trinajstić information content (AvgIpc) is 2.19. The Labute approximate surface area is 93.9 Å². The van der Waals surface area contributed by atoms with E-state index in [9.17, 15) is 0 Å². The summed E-state index contributed by atoms with van der Waals surface area (Å²) in [6, 6.07) is 15.8. The van der Waals surface area contributed by atoms with Crippen molar-refractivity contribution in [1.82, 2.24) is 0 Å². The van der Waals surface area contributed by atoms with Crippen molar-refractivity contribution in [3.63, 3.8) is 0 Å². The van der Waals surface area contributed by atoms with Gasteiger partial charge in [-0.1, -0.05) is 35.9 Å². The summed E-state index contributed by atoms with van der Waals surface area (Å²) in [4.78, 5) is 0.968. The number of hydrogen-bond donors (Lipinski definition) is 1. The third-order valence-corrected chi connectivity index (χ3v) is 2.56. The van der Waals surface area contributed by atoms with Crippen LogP contribution in [-0.4, -0.2) is 0 Å². The maximum absolute atomic E-state index is 5.91. The Kier molecular flexibility index (Phi) is 2.80. The highest BCUT2D eigenvalue weighted by Gasteiger charge is 1.97. The summed E-state index contributed by atoms with van der Waals surface area (Å²) in [6.07, 6.45) is 0. The number of hydrogen-bond acceptors (Lipinski definition) is 1. The van der Waals surface area contributed by atoms with Gasteiger partial charge in [-0.2, -0.15) is 0 Å². The molecule has 0 atom stereocenters. The van der Waals surface area contributed by atoms with E-state index in [1.807, 2.05) is 48.5 Å². The van der Waals surface area contributed by atoms with Crippen LogP contribution in [-0.2, 0) is 0 Å². The van der Waals surface area contributed by atoms with Gasteiger partial charge in [0.1, 0.15) is 0 Å². The van der Waals surface area contributed by atoms with Crippen LogP contribution in [0.15, 0.2) is 53.4 Å². The van der Waals surface area contributed by atoms with Gasteiger partial charge in [0.15, 0.2) is 0 Å². The molecule has 0 amide bonds. The molecule has 0 N–H and O–H groups in total. The van der Waals surface area contributed by atoms with E-state index in [1.54, 1.807) is 0 Å².